The molecule has 3 rings (SSSR count). The Morgan fingerprint density at radius 2 is 2.00 bits per heavy atom. The number of rotatable bonds is 6. The molecule has 1 amide bonds. The van der Waals surface area contributed by atoms with Crippen LogP contribution in [0.3, 0.4) is 0 Å². The van der Waals surface area contributed by atoms with Crippen molar-refractivity contribution in [3.63, 3.8) is 0 Å². The van der Waals surface area contributed by atoms with Crippen LogP contribution in [0, 0.1) is 6.92 Å². The van der Waals surface area contributed by atoms with E-state index >= 15 is 0 Å². The molecule has 0 unspecified atom stereocenters. The summed E-state index contributed by atoms with van der Waals surface area (Å²) in [6.45, 7) is 1.43. The second-order valence-corrected chi connectivity index (χ2v) is 6.30. The number of aromatic nitrogens is 4. The SMILES string of the molecule is Cc1cc(NC(=O)c2cnn(CC(=O)O)c2)nn1Cc1cccc(C(F)(F)F)c1. The molecule has 0 saturated carbocycles. The van der Waals surface area contributed by atoms with E-state index < -0.39 is 23.6 Å². The topological polar surface area (TPSA) is 102 Å². The van der Waals surface area contributed by atoms with Gasteiger partial charge in [0.2, 0.25) is 0 Å². The molecule has 0 bridgehead atoms. The van der Waals surface area contributed by atoms with Gasteiger partial charge in [-0.2, -0.15) is 23.4 Å². The fourth-order valence-corrected chi connectivity index (χ4v) is 2.64. The maximum absolute atomic E-state index is 12.9. The van der Waals surface area contributed by atoms with E-state index in [0.717, 1.165) is 16.8 Å². The summed E-state index contributed by atoms with van der Waals surface area (Å²) >= 11 is 0. The van der Waals surface area contributed by atoms with Crippen LogP contribution in [-0.2, 0) is 24.1 Å². The van der Waals surface area contributed by atoms with Crippen LogP contribution < -0.4 is 5.32 Å². The normalized spacial score (nSPS) is 11.4. The van der Waals surface area contributed by atoms with Crippen molar-refractivity contribution in [2.45, 2.75) is 26.2 Å². The van der Waals surface area contributed by atoms with E-state index in [4.69, 9.17) is 5.11 Å². The monoisotopic (exact) mass is 407 g/mol. The van der Waals surface area contributed by atoms with Crippen molar-refractivity contribution in [1.29, 1.82) is 0 Å². The molecule has 8 nitrogen and oxygen atoms in total. The minimum absolute atomic E-state index is 0.0994. The van der Waals surface area contributed by atoms with Gasteiger partial charge >= 0.3 is 12.1 Å². The van der Waals surface area contributed by atoms with E-state index in [0.29, 0.717) is 11.3 Å². The summed E-state index contributed by atoms with van der Waals surface area (Å²) in [6.07, 6.45) is -1.92. The third kappa shape index (κ3) is 5.00. The minimum Gasteiger partial charge on any atom is -0.480 e. The fraction of sp³-hybridized carbons (Fsp3) is 0.222. The molecule has 2 N–H and O–H groups in total. The number of nitrogens with zero attached hydrogens (tertiary/aromatic N) is 4. The first kappa shape index (κ1) is 20.1. The molecule has 0 saturated heterocycles. The molecule has 0 atom stereocenters. The van der Waals surface area contributed by atoms with Crippen LogP contribution in [0.25, 0.3) is 0 Å². The number of alkyl halides is 3. The van der Waals surface area contributed by atoms with E-state index in [9.17, 15) is 22.8 Å². The first-order valence-electron chi connectivity index (χ1n) is 8.38. The number of hydrogen-bond acceptors (Lipinski definition) is 4. The summed E-state index contributed by atoms with van der Waals surface area (Å²) in [5.41, 5.74) is 0.459. The highest BCUT2D eigenvalue weighted by Crippen LogP contribution is 2.29. The Bertz CT molecular complexity index is 1060. The summed E-state index contributed by atoms with van der Waals surface area (Å²) in [5, 5.41) is 19.3. The highest BCUT2D eigenvalue weighted by atomic mass is 19.4. The van der Waals surface area contributed by atoms with Gasteiger partial charge in [-0.15, -0.1) is 0 Å². The van der Waals surface area contributed by atoms with E-state index in [1.165, 1.54) is 23.1 Å². The Balaban J connectivity index is 1.71. The molecule has 11 heteroatoms. The number of halogens is 3. The standard InChI is InChI=1S/C18H16F3N5O3/c1-11-5-15(23-17(29)13-7-22-25(9-13)10-16(27)28)24-26(11)8-12-3-2-4-14(6-12)18(19,20)21/h2-7,9H,8,10H2,1H3,(H,27,28)(H,23,24,29). The van der Waals surface area contributed by atoms with Crippen molar-refractivity contribution in [2.75, 3.05) is 5.32 Å². The second kappa shape index (κ2) is 7.78. The number of carbonyl (C=O) groups is 2. The third-order valence-electron chi connectivity index (χ3n) is 4.00. The zero-order valence-corrected chi connectivity index (χ0v) is 15.1. The second-order valence-electron chi connectivity index (χ2n) is 6.30. The number of carboxylic acid groups (broad SMARTS) is 1. The van der Waals surface area contributed by atoms with Crippen LogP contribution in [0.2, 0.25) is 0 Å². The third-order valence-corrected chi connectivity index (χ3v) is 4.00. The summed E-state index contributed by atoms with van der Waals surface area (Å²) < 4.78 is 41.1. The Morgan fingerprint density at radius 3 is 2.69 bits per heavy atom. The van der Waals surface area contributed by atoms with Crippen molar-refractivity contribution < 1.29 is 27.9 Å². The number of benzene rings is 1. The maximum atomic E-state index is 12.9. The number of nitrogens with one attached hydrogen (secondary N) is 1. The number of carbonyl (C=O) groups excluding carboxylic acids is 1. The molecule has 0 aliphatic carbocycles. The minimum atomic E-state index is -4.43. The molecule has 0 aliphatic rings. The van der Waals surface area contributed by atoms with Crippen LogP contribution in [0.5, 0.6) is 0 Å². The van der Waals surface area contributed by atoms with Gasteiger partial charge in [-0.05, 0) is 24.6 Å². The Hall–Kier alpha value is -3.63. The lowest BCUT2D eigenvalue weighted by atomic mass is 10.1. The summed E-state index contributed by atoms with van der Waals surface area (Å²) in [7, 11) is 0. The Labute approximate surface area is 162 Å². The van der Waals surface area contributed by atoms with Crippen LogP contribution >= 0.6 is 0 Å². The maximum Gasteiger partial charge on any atom is 0.416 e. The van der Waals surface area contributed by atoms with Gasteiger partial charge in [0.25, 0.3) is 5.91 Å². The van der Waals surface area contributed by atoms with Gasteiger partial charge in [0.05, 0.1) is 23.9 Å². The van der Waals surface area contributed by atoms with E-state index in [2.05, 4.69) is 15.5 Å². The number of aliphatic carboxylic acids is 1. The van der Waals surface area contributed by atoms with Gasteiger partial charge < -0.3 is 10.4 Å². The number of aryl methyl sites for hydroxylation is 1. The number of anilines is 1. The highest BCUT2D eigenvalue weighted by Gasteiger charge is 2.30. The molecule has 1 aromatic carbocycles. The van der Waals surface area contributed by atoms with Crippen LogP contribution in [0.1, 0.15) is 27.2 Å². The van der Waals surface area contributed by atoms with Gasteiger partial charge in [-0.3, -0.25) is 19.0 Å². The number of amides is 1. The van der Waals surface area contributed by atoms with Crippen molar-refractivity contribution in [2.24, 2.45) is 0 Å². The molecule has 152 valence electrons. The highest BCUT2D eigenvalue weighted by molar-refractivity contribution is 6.03. The summed E-state index contributed by atoms with van der Waals surface area (Å²) in [6, 6.07) is 6.51. The molecule has 0 spiro atoms. The van der Waals surface area contributed by atoms with E-state index in [1.54, 1.807) is 19.1 Å². The average Bonchev–Trinajstić information content (AvgIpc) is 3.21. The van der Waals surface area contributed by atoms with E-state index in [-0.39, 0.29) is 24.5 Å². The van der Waals surface area contributed by atoms with Crippen LogP contribution in [0.15, 0.2) is 42.7 Å². The molecule has 0 aliphatic heterocycles. The largest absolute Gasteiger partial charge is 0.480 e. The Kier molecular flexibility index (Phi) is 5.39. The molecular formula is C18H16F3N5O3. The molecular weight excluding hydrogens is 391 g/mol. The number of hydrogen-bond donors (Lipinski definition) is 2. The van der Waals surface area contributed by atoms with Crippen LogP contribution in [-0.4, -0.2) is 36.5 Å². The summed E-state index contributed by atoms with van der Waals surface area (Å²) in [4.78, 5) is 22.9. The van der Waals surface area contributed by atoms with Gasteiger partial charge in [0.15, 0.2) is 5.82 Å². The van der Waals surface area contributed by atoms with E-state index in [1.807, 2.05) is 0 Å². The number of carboxylic acids is 1. The fourth-order valence-electron chi connectivity index (χ4n) is 2.64. The summed E-state index contributed by atoms with van der Waals surface area (Å²) in [5.74, 6) is -1.42. The average molecular weight is 407 g/mol. The van der Waals surface area contributed by atoms with Gasteiger partial charge in [-0.25, -0.2) is 0 Å². The Morgan fingerprint density at radius 1 is 1.24 bits per heavy atom. The first-order chi connectivity index (χ1) is 13.6. The lowest BCUT2D eigenvalue weighted by molar-refractivity contribution is -0.138. The predicted molar refractivity (Wildman–Crippen MR) is 95.3 cm³/mol. The zero-order valence-electron chi connectivity index (χ0n) is 15.1. The van der Waals surface area contributed by atoms with Crippen molar-refractivity contribution in [3.8, 4) is 0 Å². The molecule has 29 heavy (non-hydrogen) atoms. The van der Waals surface area contributed by atoms with Crippen molar-refractivity contribution in [1.82, 2.24) is 19.6 Å². The quantitative estimate of drug-likeness (QED) is 0.654. The molecule has 0 radical (unpaired) electrons. The first-order valence-corrected chi connectivity index (χ1v) is 8.38. The molecule has 2 heterocycles. The van der Waals surface area contributed by atoms with Gasteiger partial charge in [-0.1, -0.05) is 12.1 Å². The lowest BCUT2D eigenvalue weighted by Crippen LogP contribution is -2.13. The van der Waals surface area contributed by atoms with Gasteiger partial charge in [0.1, 0.15) is 6.54 Å². The zero-order chi connectivity index (χ0) is 21.2. The van der Waals surface area contributed by atoms with Crippen molar-refractivity contribution in [3.05, 3.63) is 65.1 Å². The van der Waals surface area contributed by atoms with Crippen molar-refractivity contribution >= 4 is 17.7 Å². The lowest BCUT2D eigenvalue weighted by Gasteiger charge is -2.09. The smallest absolute Gasteiger partial charge is 0.416 e. The molecule has 3 aromatic rings. The predicted octanol–water partition coefficient (Wildman–Crippen LogP) is 2.79. The molecule has 2 aromatic heterocycles. The molecule has 0 fully saturated rings. The van der Waals surface area contributed by atoms with Crippen LogP contribution in [0.4, 0.5) is 19.0 Å². The van der Waals surface area contributed by atoms with Gasteiger partial charge in [0, 0.05) is 18.0 Å².